The van der Waals surface area contributed by atoms with Crippen LogP contribution in [0, 0.1) is 11.8 Å². The molecule has 0 spiro atoms. The summed E-state index contributed by atoms with van der Waals surface area (Å²) in [5, 5.41) is 8.99. The zero-order chi connectivity index (χ0) is 14.7. The Bertz CT molecular complexity index is 370. The standard InChI is InChI=1S/C15H26N2O3/c1-11(2)12-6-8-16(10-12)15(20)17-7-4-3-5-13(17)9-14(18)19/h11-13H,3-10H2,1-2H3,(H,18,19). The van der Waals surface area contributed by atoms with E-state index in [2.05, 4.69) is 13.8 Å². The fourth-order valence-electron chi connectivity index (χ4n) is 3.35. The van der Waals surface area contributed by atoms with Crippen LogP contribution in [0.1, 0.15) is 46.0 Å². The first kappa shape index (κ1) is 15.1. The van der Waals surface area contributed by atoms with Gasteiger partial charge < -0.3 is 14.9 Å². The van der Waals surface area contributed by atoms with Crippen molar-refractivity contribution in [1.29, 1.82) is 0 Å². The van der Waals surface area contributed by atoms with Crippen molar-refractivity contribution in [2.75, 3.05) is 19.6 Å². The second kappa shape index (κ2) is 6.46. The van der Waals surface area contributed by atoms with Crippen LogP contribution in [0.3, 0.4) is 0 Å². The summed E-state index contributed by atoms with van der Waals surface area (Å²) in [7, 11) is 0. The van der Waals surface area contributed by atoms with Crippen LogP contribution in [-0.4, -0.2) is 52.6 Å². The molecule has 5 nitrogen and oxygen atoms in total. The maximum atomic E-state index is 12.6. The third-order valence-corrected chi connectivity index (χ3v) is 4.72. The van der Waals surface area contributed by atoms with Gasteiger partial charge in [0.15, 0.2) is 0 Å². The number of likely N-dealkylation sites (tertiary alicyclic amines) is 2. The minimum atomic E-state index is -0.809. The number of aliphatic carboxylic acids is 1. The number of carbonyl (C=O) groups excluding carboxylic acids is 1. The van der Waals surface area contributed by atoms with Crippen LogP contribution in [0.15, 0.2) is 0 Å². The van der Waals surface area contributed by atoms with E-state index in [1.807, 2.05) is 4.90 Å². The zero-order valence-corrected chi connectivity index (χ0v) is 12.5. The predicted octanol–water partition coefficient (Wildman–Crippen LogP) is 2.41. The molecule has 2 unspecified atom stereocenters. The van der Waals surface area contributed by atoms with Gasteiger partial charge in [-0.2, -0.15) is 0 Å². The van der Waals surface area contributed by atoms with Crippen molar-refractivity contribution >= 4 is 12.0 Å². The minimum Gasteiger partial charge on any atom is -0.481 e. The molecule has 20 heavy (non-hydrogen) atoms. The minimum absolute atomic E-state index is 0.0547. The molecule has 0 aromatic rings. The van der Waals surface area contributed by atoms with Gasteiger partial charge in [0.1, 0.15) is 0 Å². The van der Waals surface area contributed by atoms with Crippen molar-refractivity contribution in [1.82, 2.24) is 9.80 Å². The first-order valence-electron chi connectivity index (χ1n) is 7.76. The summed E-state index contributed by atoms with van der Waals surface area (Å²) < 4.78 is 0. The Hall–Kier alpha value is -1.26. The Labute approximate surface area is 120 Å². The lowest BCUT2D eigenvalue weighted by Crippen LogP contribution is -2.50. The summed E-state index contributed by atoms with van der Waals surface area (Å²) in [5.74, 6) is 0.377. The summed E-state index contributed by atoms with van der Waals surface area (Å²) in [6.07, 6.45) is 3.98. The number of rotatable bonds is 3. The Balaban J connectivity index is 1.97. The zero-order valence-electron chi connectivity index (χ0n) is 12.5. The molecule has 0 aliphatic carbocycles. The molecule has 2 amide bonds. The van der Waals surface area contributed by atoms with E-state index in [0.717, 1.165) is 38.8 Å². The number of carboxylic acid groups (broad SMARTS) is 1. The first-order valence-corrected chi connectivity index (χ1v) is 7.76. The first-order chi connectivity index (χ1) is 9.49. The van der Waals surface area contributed by atoms with Crippen LogP contribution in [0.5, 0.6) is 0 Å². The monoisotopic (exact) mass is 282 g/mol. The molecule has 1 N–H and O–H groups in total. The van der Waals surface area contributed by atoms with Gasteiger partial charge in [-0.15, -0.1) is 0 Å². The van der Waals surface area contributed by atoms with Crippen molar-refractivity contribution in [2.24, 2.45) is 11.8 Å². The number of nitrogens with zero attached hydrogens (tertiary/aromatic N) is 2. The van der Waals surface area contributed by atoms with E-state index in [1.165, 1.54) is 0 Å². The van der Waals surface area contributed by atoms with E-state index in [4.69, 9.17) is 5.11 Å². The van der Waals surface area contributed by atoms with Crippen LogP contribution in [0.25, 0.3) is 0 Å². The Morgan fingerprint density at radius 3 is 2.55 bits per heavy atom. The number of urea groups is 1. The molecule has 5 heteroatoms. The van der Waals surface area contributed by atoms with Crippen molar-refractivity contribution in [3.63, 3.8) is 0 Å². The molecule has 2 heterocycles. The van der Waals surface area contributed by atoms with E-state index < -0.39 is 5.97 Å². The summed E-state index contributed by atoms with van der Waals surface area (Å²) >= 11 is 0. The van der Waals surface area contributed by atoms with Crippen LogP contribution in [-0.2, 0) is 4.79 Å². The summed E-state index contributed by atoms with van der Waals surface area (Å²) in [4.78, 5) is 27.3. The van der Waals surface area contributed by atoms with Gasteiger partial charge in [0.2, 0.25) is 0 Å². The van der Waals surface area contributed by atoms with Gasteiger partial charge in [-0.3, -0.25) is 4.79 Å². The molecule has 0 aromatic carbocycles. The van der Waals surface area contributed by atoms with E-state index in [0.29, 0.717) is 18.4 Å². The third-order valence-electron chi connectivity index (χ3n) is 4.72. The van der Waals surface area contributed by atoms with Crippen LogP contribution in [0.2, 0.25) is 0 Å². The largest absolute Gasteiger partial charge is 0.481 e. The maximum absolute atomic E-state index is 12.6. The maximum Gasteiger partial charge on any atom is 0.320 e. The third kappa shape index (κ3) is 3.44. The topological polar surface area (TPSA) is 60.9 Å². The fourth-order valence-corrected chi connectivity index (χ4v) is 3.35. The highest BCUT2D eigenvalue weighted by Gasteiger charge is 2.35. The van der Waals surface area contributed by atoms with Gasteiger partial charge in [0.05, 0.1) is 6.42 Å². The number of carbonyl (C=O) groups is 2. The van der Waals surface area contributed by atoms with Gasteiger partial charge in [0.25, 0.3) is 0 Å². The van der Waals surface area contributed by atoms with Crippen molar-refractivity contribution in [2.45, 2.75) is 52.0 Å². The van der Waals surface area contributed by atoms with Crippen molar-refractivity contribution in [3.8, 4) is 0 Å². The molecule has 2 fully saturated rings. The van der Waals surface area contributed by atoms with E-state index >= 15 is 0 Å². The second-order valence-electron chi connectivity index (χ2n) is 6.46. The number of amides is 2. The molecule has 0 saturated carbocycles. The molecule has 114 valence electrons. The van der Waals surface area contributed by atoms with Gasteiger partial charge >= 0.3 is 12.0 Å². The molecule has 0 radical (unpaired) electrons. The highest BCUT2D eigenvalue weighted by atomic mass is 16.4. The Morgan fingerprint density at radius 1 is 1.20 bits per heavy atom. The van der Waals surface area contributed by atoms with Gasteiger partial charge in [-0.05, 0) is 37.5 Å². The highest BCUT2D eigenvalue weighted by molar-refractivity contribution is 5.76. The molecular formula is C15H26N2O3. The molecular weight excluding hydrogens is 256 g/mol. The lowest BCUT2D eigenvalue weighted by Gasteiger charge is -2.37. The van der Waals surface area contributed by atoms with E-state index in [1.54, 1.807) is 4.90 Å². The van der Waals surface area contributed by atoms with E-state index in [9.17, 15) is 9.59 Å². The number of hydrogen-bond donors (Lipinski definition) is 1. The second-order valence-corrected chi connectivity index (χ2v) is 6.46. The molecule has 2 aliphatic rings. The summed E-state index contributed by atoms with van der Waals surface area (Å²) in [6.45, 7) is 6.75. The van der Waals surface area contributed by atoms with Crippen molar-refractivity contribution < 1.29 is 14.7 Å². The van der Waals surface area contributed by atoms with Gasteiger partial charge in [-0.25, -0.2) is 4.79 Å². The summed E-state index contributed by atoms with van der Waals surface area (Å²) in [5.41, 5.74) is 0. The predicted molar refractivity (Wildman–Crippen MR) is 76.5 cm³/mol. The molecule has 2 atom stereocenters. The highest BCUT2D eigenvalue weighted by Crippen LogP contribution is 2.27. The summed E-state index contributed by atoms with van der Waals surface area (Å²) in [6, 6.07) is -0.0639. The number of piperidine rings is 1. The number of carboxylic acids is 1. The van der Waals surface area contributed by atoms with Crippen molar-refractivity contribution in [3.05, 3.63) is 0 Å². The normalized spacial score (nSPS) is 27.1. The SMILES string of the molecule is CC(C)C1CCN(C(=O)N2CCCCC2CC(=O)O)C1. The van der Waals surface area contributed by atoms with Crippen LogP contribution in [0.4, 0.5) is 4.79 Å². The van der Waals surface area contributed by atoms with Gasteiger partial charge in [-0.1, -0.05) is 13.8 Å². The fraction of sp³-hybridized carbons (Fsp3) is 0.867. The molecule has 0 aromatic heterocycles. The quantitative estimate of drug-likeness (QED) is 0.864. The lowest BCUT2D eigenvalue weighted by atomic mass is 9.95. The van der Waals surface area contributed by atoms with Crippen LogP contribution >= 0.6 is 0 Å². The average molecular weight is 282 g/mol. The molecule has 0 bridgehead atoms. The Kier molecular flexibility index (Phi) is 4.89. The smallest absolute Gasteiger partial charge is 0.320 e. The Morgan fingerprint density at radius 2 is 1.95 bits per heavy atom. The van der Waals surface area contributed by atoms with Crippen LogP contribution < -0.4 is 0 Å². The van der Waals surface area contributed by atoms with Gasteiger partial charge in [0, 0.05) is 25.7 Å². The molecule has 2 saturated heterocycles. The number of hydrogen-bond acceptors (Lipinski definition) is 2. The molecule has 2 rings (SSSR count). The average Bonchev–Trinajstić information content (AvgIpc) is 2.87. The lowest BCUT2D eigenvalue weighted by molar-refractivity contribution is -0.138. The molecule has 2 aliphatic heterocycles. The van der Waals surface area contributed by atoms with E-state index in [-0.39, 0.29) is 18.5 Å².